The molecule has 0 saturated carbocycles. The Balaban J connectivity index is 2.78. The van der Waals surface area contributed by atoms with E-state index >= 15 is 0 Å². The molecule has 17 heavy (non-hydrogen) atoms. The predicted octanol–water partition coefficient (Wildman–Crippen LogP) is 1.35. The second kappa shape index (κ2) is 5.29. The second-order valence-electron chi connectivity index (χ2n) is 4.01. The summed E-state index contributed by atoms with van der Waals surface area (Å²) in [7, 11) is 0. The minimum Gasteiger partial charge on any atom is -0.480 e. The molecule has 0 aliphatic carbocycles. The number of hydrogen-bond acceptors (Lipinski definition) is 5. The third-order valence-electron chi connectivity index (χ3n) is 2.07. The lowest BCUT2D eigenvalue weighted by molar-refractivity contribution is -0.141. The summed E-state index contributed by atoms with van der Waals surface area (Å²) in [6.07, 6.45) is 3.07. The summed E-state index contributed by atoms with van der Waals surface area (Å²) in [5.41, 5.74) is -1.08. The Morgan fingerprint density at radius 2 is 2.18 bits per heavy atom. The van der Waals surface area contributed by atoms with E-state index in [0.29, 0.717) is 18.2 Å². The number of carboxylic acid groups (broad SMARTS) is 1. The molecule has 0 spiro atoms. The van der Waals surface area contributed by atoms with Gasteiger partial charge in [-0.05, 0) is 13.8 Å². The van der Waals surface area contributed by atoms with Gasteiger partial charge in [-0.3, -0.25) is 0 Å². The first-order chi connectivity index (χ1) is 7.95. The summed E-state index contributed by atoms with van der Waals surface area (Å²) in [5, 5.41) is 14.8. The number of hydrogen-bond donors (Lipinski definition) is 3. The van der Waals surface area contributed by atoms with Gasteiger partial charge < -0.3 is 15.7 Å². The first-order valence-corrected chi connectivity index (χ1v) is 5.14. The van der Waals surface area contributed by atoms with Crippen molar-refractivity contribution in [3.05, 3.63) is 25.0 Å². The van der Waals surface area contributed by atoms with Crippen molar-refractivity contribution in [2.45, 2.75) is 19.4 Å². The van der Waals surface area contributed by atoms with Gasteiger partial charge >= 0.3 is 5.97 Å². The summed E-state index contributed by atoms with van der Waals surface area (Å²) >= 11 is 0. The molecule has 0 aromatic carbocycles. The predicted molar refractivity (Wildman–Crippen MR) is 66.1 cm³/mol. The molecule has 6 heteroatoms. The summed E-state index contributed by atoms with van der Waals surface area (Å²) < 4.78 is 0. The van der Waals surface area contributed by atoms with Crippen LogP contribution < -0.4 is 10.6 Å². The lowest BCUT2D eigenvalue weighted by atomic mass is 10.1. The Kier molecular flexibility index (Phi) is 4.03. The average molecular weight is 236 g/mol. The van der Waals surface area contributed by atoms with Gasteiger partial charge in [0.25, 0.3) is 0 Å². The van der Waals surface area contributed by atoms with Crippen LogP contribution in [0.1, 0.15) is 13.8 Å². The van der Waals surface area contributed by atoms with Crippen LogP contribution in [0.2, 0.25) is 0 Å². The van der Waals surface area contributed by atoms with Crippen LogP contribution >= 0.6 is 0 Å². The van der Waals surface area contributed by atoms with Crippen LogP contribution in [-0.2, 0) is 4.79 Å². The number of aromatic nitrogens is 2. The van der Waals surface area contributed by atoms with Gasteiger partial charge in [-0.1, -0.05) is 6.08 Å². The van der Waals surface area contributed by atoms with E-state index in [1.807, 2.05) is 0 Å². The number of rotatable bonds is 6. The molecule has 0 atom stereocenters. The molecule has 0 aliphatic rings. The lowest BCUT2D eigenvalue weighted by Crippen LogP contribution is -2.40. The Labute approximate surface area is 99.8 Å². The largest absolute Gasteiger partial charge is 0.480 e. The number of nitrogens with one attached hydrogen (secondary N) is 2. The summed E-state index contributed by atoms with van der Waals surface area (Å²) in [4.78, 5) is 18.9. The second-order valence-corrected chi connectivity index (χ2v) is 4.01. The van der Waals surface area contributed by atoms with Crippen LogP contribution in [-0.4, -0.2) is 33.1 Å². The van der Waals surface area contributed by atoms with Crippen molar-refractivity contribution in [1.82, 2.24) is 9.97 Å². The first-order valence-electron chi connectivity index (χ1n) is 5.14. The molecule has 1 rings (SSSR count). The van der Waals surface area contributed by atoms with Crippen LogP contribution in [0.15, 0.2) is 25.0 Å². The normalized spacial score (nSPS) is 10.7. The quantitative estimate of drug-likeness (QED) is 0.646. The van der Waals surface area contributed by atoms with Gasteiger partial charge in [-0.15, -0.1) is 6.58 Å². The summed E-state index contributed by atoms with van der Waals surface area (Å²) in [6.45, 7) is 7.29. The van der Waals surface area contributed by atoms with Gasteiger partial charge in [0.1, 0.15) is 23.5 Å². The van der Waals surface area contributed by atoms with Crippen LogP contribution in [0.3, 0.4) is 0 Å². The lowest BCUT2D eigenvalue weighted by Gasteiger charge is -2.21. The minimum absolute atomic E-state index is 0.457. The maximum Gasteiger partial charge on any atom is 0.328 e. The molecule has 0 fully saturated rings. The zero-order chi connectivity index (χ0) is 12.9. The van der Waals surface area contributed by atoms with Crippen molar-refractivity contribution < 1.29 is 9.90 Å². The maximum absolute atomic E-state index is 10.9. The molecule has 1 aromatic rings. The van der Waals surface area contributed by atoms with Crippen molar-refractivity contribution in [3.8, 4) is 0 Å². The van der Waals surface area contributed by atoms with E-state index in [1.54, 1.807) is 26.0 Å². The van der Waals surface area contributed by atoms with Crippen LogP contribution in [0.25, 0.3) is 0 Å². The van der Waals surface area contributed by atoms with Crippen LogP contribution in [0.4, 0.5) is 11.6 Å². The summed E-state index contributed by atoms with van der Waals surface area (Å²) in [5.74, 6) is 0.124. The molecule has 3 N–H and O–H groups in total. The third-order valence-corrected chi connectivity index (χ3v) is 2.07. The van der Waals surface area contributed by atoms with Crippen molar-refractivity contribution in [2.24, 2.45) is 0 Å². The average Bonchev–Trinajstić information content (AvgIpc) is 2.26. The fourth-order valence-corrected chi connectivity index (χ4v) is 1.07. The molecule has 6 nitrogen and oxygen atoms in total. The summed E-state index contributed by atoms with van der Waals surface area (Å²) in [6, 6.07) is 1.65. The Hall–Kier alpha value is -2.11. The standard InChI is InChI=1S/C11H16N4O2/c1-4-5-12-8-6-9(14-7-13-8)15-11(2,3)10(16)17/h4,6-7H,1,5H2,2-3H3,(H,16,17)(H2,12,13,14,15). The molecule has 92 valence electrons. The van der Waals surface area contributed by atoms with Crippen LogP contribution in [0, 0.1) is 0 Å². The van der Waals surface area contributed by atoms with E-state index in [9.17, 15) is 4.79 Å². The van der Waals surface area contributed by atoms with Crippen LogP contribution in [0.5, 0.6) is 0 Å². The Bertz CT molecular complexity index is 418. The molecule has 1 aromatic heterocycles. The third kappa shape index (κ3) is 3.75. The highest BCUT2D eigenvalue weighted by atomic mass is 16.4. The zero-order valence-corrected chi connectivity index (χ0v) is 9.90. The molecule has 0 bridgehead atoms. The number of carboxylic acids is 1. The molecule has 1 heterocycles. The van der Waals surface area contributed by atoms with Crippen molar-refractivity contribution in [1.29, 1.82) is 0 Å². The fourth-order valence-electron chi connectivity index (χ4n) is 1.07. The van der Waals surface area contributed by atoms with E-state index in [0.717, 1.165) is 0 Å². The van der Waals surface area contributed by atoms with Gasteiger partial charge in [-0.2, -0.15) is 0 Å². The molecule has 0 unspecified atom stereocenters. The zero-order valence-electron chi connectivity index (χ0n) is 9.90. The van der Waals surface area contributed by atoms with Gasteiger partial charge in [-0.25, -0.2) is 14.8 Å². The number of aliphatic carboxylic acids is 1. The monoisotopic (exact) mass is 236 g/mol. The number of anilines is 2. The highest BCUT2D eigenvalue weighted by Crippen LogP contribution is 2.14. The first kappa shape index (κ1) is 13.0. The van der Waals surface area contributed by atoms with E-state index in [2.05, 4.69) is 27.2 Å². The molecule has 0 amide bonds. The minimum atomic E-state index is -1.08. The van der Waals surface area contributed by atoms with Gasteiger partial charge in [0, 0.05) is 12.6 Å². The molecular formula is C11H16N4O2. The van der Waals surface area contributed by atoms with E-state index in [-0.39, 0.29) is 0 Å². The molecule has 0 aliphatic heterocycles. The molecular weight excluding hydrogens is 220 g/mol. The highest BCUT2D eigenvalue weighted by Gasteiger charge is 2.27. The number of nitrogens with zero attached hydrogens (tertiary/aromatic N) is 2. The fraction of sp³-hybridized carbons (Fsp3) is 0.364. The van der Waals surface area contributed by atoms with E-state index in [4.69, 9.17) is 5.11 Å². The smallest absolute Gasteiger partial charge is 0.328 e. The number of carbonyl (C=O) groups is 1. The van der Waals surface area contributed by atoms with E-state index in [1.165, 1.54) is 6.33 Å². The van der Waals surface area contributed by atoms with Gasteiger partial charge in [0.05, 0.1) is 0 Å². The Morgan fingerprint density at radius 1 is 1.53 bits per heavy atom. The van der Waals surface area contributed by atoms with Gasteiger partial charge in [0.2, 0.25) is 0 Å². The topological polar surface area (TPSA) is 87.1 Å². The van der Waals surface area contributed by atoms with Crippen molar-refractivity contribution in [2.75, 3.05) is 17.2 Å². The van der Waals surface area contributed by atoms with Crippen molar-refractivity contribution >= 4 is 17.6 Å². The van der Waals surface area contributed by atoms with E-state index < -0.39 is 11.5 Å². The van der Waals surface area contributed by atoms with Gasteiger partial charge in [0.15, 0.2) is 0 Å². The maximum atomic E-state index is 10.9. The molecule has 0 radical (unpaired) electrons. The molecule has 0 saturated heterocycles. The van der Waals surface area contributed by atoms with Crippen molar-refractivity contribution in [3.63, 3.8) is 0 Å². The Morgan fingerprint density at radius 3 is 2.76 bits per heavy atom. The highest BCUT2D eigenvalue weighted by molar-refractivity contribution is 5.81. The SMILES string of the molecule is C=CCNc1cc(NC(C)(C)C(=O)O)ncn1.